The first-order chi connectivity index (χ1) is 8.38. The van der Waals surface area contributed by atoms with Crippen molar-refractivity contribution >= 4 is 17.4 Å². The normalized spacial score (nSPS) is 11.9. The summed E-state index contributed by atoms with van der Waals surface area (Å²) in [5, 5.41) is 10.6. The molecule has 1 unspecified atom stereocenters. The molecule has 1 heterocycles. The Morgan fingerprint density at radius 1 is 1.67 bits per heavy atom. The third-order valence-corrected chi connectivity index (χ3v) is 2.91. The molecule has 0 saturated heterocycles. The molecule has 0 radical (unpaired) electrons. The topological polar surface area (TPSA) is 102 Å². The van der Waals surface area contributed by atoms with E-state index in [1.807, 2.05) is 13.8 Å². The SMILES string of the molecule is CCC(C)N(C)C(=O)c1cc([N+](=O)[O-])ncc1N. The van der Waals surface area contributed by atoms with Gasteiger partial charge in [0.1, 0.15) is 0 Å². The van der Waals surface area contributed by atoms with Crippen molar-refractivity contribution in [2.75, 3.05) is 12.8 Å². The first-order valence-corrected chi connectivity index (χ1v) is 5.55. The molecule has 1 aromatic heterocycles. The van der Waals surface area contributed by atoms with E-state index >= 15 is 0 Å². The molecule has 18 heavy (non-hydrogen) atoms. The highest BCUT2D eigenvalue weighted by molar-refractivity contribution is 5.99. The predicted octanol–water partition coefficient (Wildman–Crippen LogP) is 1.44. The van der Waals surface area contributed by atoms with Gasteiger partial charge in [0, 0.05) is 13.1 Å². The summed E-state index contributed by atoms with van der Waals surface area (Å²) < 4.78 is 0. The fraction of sp³-hybridized carbons (Fsp3) is 0.455. The smallest absolute Gasteiger partial charge is 0.364 e. The number of aromatic nitrogens is 1. The Labute approximate surface area is 105 Å². The van der Waals surface area contributed by atoms with Gasteiger partial charge < -0.3 is 20.7 Å². The zero-order valence-electron chi connectivity index (χ0n) is 10.6. The van der Waals surface area contributed by atoms with Crippen LogP contribution < -0.4 is 5.73 Å². The number of carbonyl (C=O) groups is 1. The molecule has 1 atom stereocenters. The van der Waals surface area contributed by atoms with Gasteiger partial charge in [-0.25, -0.2) is 0 Å². The Morgan fingerprint density at radius 3 is 2.78 bits per heavy atom. The first kappa shape index (κ1) is 13.9. The van der Waals surface area contributed by atoms with Gasteiger partial charge in [-0.3, -0.25) is 4.79 Å². The maximum atomic E-state index is 12.1. The highest BCUT2D eigenvalue weighted by Crippen LogP contribution is 2.19. The van der Waals surface area contributed by atoms with E-state index in [0.29, 0.717) is 0 Å². The largest absolute Gasteiger partial charge is 0.395 e. The van der Waals surface area contributed by atoms with Crippen LogP contribution in [-0.2, 0) is 0 Å². The van der Waals surface area contributed by atoms with Crippen LogP contribution in [0.5, 0.6) is 0 Å². The zero-order chi connectivity index (χ0) is 13.9. The van der Waals surface area contributed by atoms with Crippen molar-refractivity contribution in [2.24, 2.45) is 0 Å². The van der Waals surface area contributed by atoms with Crippen molar-refractivity contribution in [1.82, 2.24) is 9.88 Å². The van der Waals surface area contributed by atoms with Crippen molar-refractivity contribution in [2.45, 2.75) is 26.3 Å². The number of nitrogens with two attached hydrogens (primary N) is 1. The van der Waals surface area contributed by atoms with Crippen LogP contribution in [0.1, 0.15) is 30.6 Å². The number of rotatable bonds is 4. The Kier molecular flexibility index (Phi) is 4.19. The van der Waals surface area contributed by atoms with E-state index < -0.39 is 4.92 Å². The van der Waals surface area contributed by atoms with Crippen LogP contribution >= 0.6 is 0 Å². The number of amides is 1. The minimum Gasteiger partial charge on any atom is -0.395 e. The van der Waals surface area contributed by atoms with E-state index in [2.05, 4.69) is 4.98 Å². The highest BCUT2D eigenvalue weighted by atomic mass is 16.6. The second-order valence-corrected chi connectivity index (χ2v) is 4.06. The number of carbonyl (C=O) groups excluding carboxylic acids is 1. The van der Waals surface area contributed by atoms with Gasteiger partial charge in [-0.2, -0.15) is 0 Å². The Hall–Kier alpha value is -2.18. The fourth-order valence-corrected chi connectivity index (χ4v) is 1.40. The molecule has 0 aliphatic carbocycles. The molecule has 2 N–H and O–H groups in total. The van der Waals surface area contributed by atoms with Gasteiger partial charge in [0.25, 0.3) is 5.91 Å². The van der Waals surface area contributed by atoms with Gasteiger partial charge in [-0.1, -0.05) is 6.92 Å². The molecule has 1 amide bonds. The molecule has 0 aromatic carbocycles. The van der Waals surface area contributed by atoms with Crippen LogP contribution in [0, 0.1) is 10.1 Å². The van der Waals surface area contributed by atoms with Gasteiger partial charge in [0.05, 0.1) is 17.3 Å². The van der Waals surface area contributed by atoms with Crippen LogP contribution in [0.15, 0.2) is 12.3 Å². The third kappa shape index (κ3) is 2.73. The average Bonchev–Trinajstić information content (AvgIpc) is 2.36. The summed E-state index contributed by atoms with van der Waals surface area (Å²) in [6, 6.07) is 1.14. The molecule has 7 heteroatoms. The summed E-state index contributed by atoms with van der Waals surface area (Å²) in [6.45, 7) is 3.84. The second-order valence-electron chi connectivity index (χ2n) is 4.06. The molecule has 0 spiro atoms. The van der Waals surface area contributed by atoms with E-state index in [1.54, 1.807) is 7.05 Å². The fourth-order valence-electron chi connectivity index (χ4n) is 1.40. The average molecular weight is 252 g/mol. The van der Waals surface area contributed by atoms with Gasteiger partial charge in [0.2, 0.25) is 0 Å². The predicted molar refractivity (Wildman–Crippen MR) is 67.2 cm³/mol. The number of nitrogens with zero attached hydrogens (tertiary/aromatic N) is 3. The van der Waals surface area contributed by atoms with Crippen molar-refractivity contribution in [3.05, 3.63) is 27.9 Å². The maximum Gasteiger partial charge on any atom is 0.364 e. The minimum atomic E-state index is -0.653. The van der Waals surface area contributed by atoms with Crippen LogP contribution in [0.3, 0.4) is 0 Å². The van der Waals surface area contributed by atoms with Gasteiger partial charge in [-0.05, 0) is 23.3 Å². The summed E-state index contributed by atoms with van der Waals surface area (Å²) >= 11 is 0. The first-order valence-electron chi connectivity index (χ1n) is 5.55. The van der Waals surface area contributed by atoms with Crippen LogP contribution in [0.25, 0.3) is 0 Å². The molecule has 1 rings (SSSR count). The number of nitro groups is 1. The van der Waals surface area contributed by atoms with Crippen LogP contribution in [0.2, 0.25) is 0 Å². The monoisotopic (exact) mass is 252 g/mol. The number of hydrogen-bond donors (Lipinski definition) is 1. The molecule has 1 aromatic rings. The number of hydrogen-bond acceptors (Lipinski definition) is 5. The lowest BCUT2D eigenvalue weighted by Crippen LogP contribution is -2.35. The number of pyridine rings is 1. The maximum absolute atomic E-state index is 12.1. The molecule has 98 valence electrons. The molecule has 0 aliphatic rings. The zero-order valence-corrected chi connectivity index (χ0v) is 10.6. The number of anilines is 1. The van der Waals surface area contributed by atoms with Crippen LogP contribution in [-0.4, -0.2) is 33.8 Å². The lowest BCUT2D eigenvalue weighted by Gasteiger charge is -2.24. The molecule has 0 fully saturated rings. The van der Waals surface area contributed by atoms with E-state index in [9.17, 15) is 14.9 Å². The highest BCUT2D eigenvalue weighted by Gasteiger charge is 2.22. The van der Waals surface area contributed by atoms with E-state index in [-0.39, 0.29) is 29.0 Å². The summed E-state index contributed by atoms with van der Waals surface area (Å²) in [5.41, 5.74) is 5.89. The summed E-state index contributed by atoms with van der Waals surface area (Å²) in [6.07, 6.45) is 1.92. The van der Waals surface area contributed by atoms with E-state index in [1.165, 1.54) is 4.90 Å². The molecule has 7 nitrogen and oxygen atoms in total. The lowest BCUT2D eigenvalue weighted by molar-refractivity contribution is -0.389. The third-order valence-electron chi connectivity index (χ3n) is 2.91. The standard InChI is InChI=1S/C11H16N4O3/c1-4-7(2)14(3)11(16)8-5-10(15(17)18)13-6-9(8)12/h5-7H,4,12H2,1-3H3. The number of nitrogen functional groups attached to an aromatic ring is 1. The Bertz CT molecular complexity index is 475. The van der Waals surface area contributed by atoms with Crippen molar-refractivity contribution in [3.63, 3.8) is 0 Å². The summed E-state index contributed by atoms with van der Waals surface area (Å²) in [4.78, 5) is 27.2. The Morgan fingerprint density at radius 2 is 2.28 bits per heavy atom. The minimum absolute atomic E-state index is 0.0316. The molecule has 0 aliphatic heterocycles. The summed E-state index contributed by atoms with van der Waals surface area (Å²) in [7, 11) is 1.64. The molecule has 0 bridgehead atoms. The molecular formula is C11H16N4O3. The second kappa shape index (κ2) is 5.44. The molecular weight excluding hydrogens is 236 g/mol. The van der Waals surface area contributed by atoms with E-state index in [0.717, 1.165) is 18.7 Å². The molecule has 0 saturated carbocycles. The van der Waals surface area contributed by atoms with Crippen molar-refractivity contribution in [1.29, 1.82) is 0 Å². The Balaban J connectivity index is 3.12. The van der Waals surface area contributed by atoms with Gasteiger partial charge >= 0.3 is 5.82 Å². The quantitative estimate of drug-likeness (QED) is 0.645. The van der Waals surface area contributed by atoms with Gasteiger partial charge in [0.15, 0.2) is 6.20 Å². The van der Waals surface area contributed by atoms with Crippen molar-refractivity contribution < 1.29 is 9.72 Å². The van der Waals surface area contributed by atoms with E-state index in [4.69, 9.17) is 5.73 Å². The van der Waals surface area contributed by atoms with Crippen molar-refractivity contribution in [3.8, 4) is 0 Å². The van der Waals surface area contributed by atoms with Crippen LogP contribution in [0.4, 0.5) is 11.5 Å². The summed E-state index contributed by atoms with van der Waals surface area (Å²) in [5.74, 6) is -0.725. The lowest BCUT2D eigenvalue weighted by atomic mass is 10.1. The van der Waals surface area contributed by atoms with Gasteiger partial charge in [-0.15, -0.1) is 0 Å².